The normalized spacial score (nSPS) is 18.6. The summed E-state index contributed by atoms with van der Waals surface area (Å²) in [4.78, 5) is 22.3. The third kappa shape index (κ3) is 6.43. The number of Topliss-reactive ketones (excluding diaryl/α,β-unsaturated/α-hetero) is 1. The van der Waals surface area contributed by atoms with Gasteiger partial charge in [0.05, 0.1) is 12.2 Å². The van der Waals surface area contributed by atoms with Crippen molar-refractivity contribution in [1.82, 2.24) is 15.2 Å². The van der Waals surface area contributed by atoms with Gasteiger partial charge in [-0.25, -0.2) is 13.8 Å². The highest BCUT2D eigenvalue weighted by Crippen LogP contribution is 2.30. The van der Waals surface area contributed by atoms with E-state index in [1.165, 1.54) is 24.3 Å². The van der Waals surface area contributed by atoms with Gasteiger partial charge >= 0.3 is 0 Å². The Hall–Kier alpha value is -3.20. The Morgan fingerprint density at radius 3 is 2.24 bits per heavy atom. The lowest BCUT2D eigenvalue weighted by Gasteiger charge is -2.36. The summed E-state index contributed by atoms with van der Waals surface area (Å²) in [5.74, 6) is 0.279. The Morgan fingerprint density at radius 2 is 1.63 bits per heavy atom. The minimum atomic E-state index is -0.469. The lowest BCUT2D eigenvalue weighted by Crippen LogP contribution is -2.48. The third-order valence-electron chi connectivity index (χ3n) is 7.46. The number of hydrogen-bond acceptors (Lipinski definition) is 6. The molecule has 3 aromatic rings. The van der Waals surface area contributed by atoms with Crippen molar-refractivity contribution in [3.05, 3.63) is 95.2 Å². The van der Waals surface area contributed by atoms with Crippen molar-refractivity contribution in [1.29, 1.82) is 0 Å². The van der Waals surface area contributed by atoms with Gasteiger partial charge in [0.2, 0.25) is 0 Å². The molecule has 1 aromatic heterocycles. The lowest BCUT2D eigenvalue weighted by molar-refractivity contribution is 0.0269. The van der Waals surface area contributed by atoms with Gasteiger partial charge in [-0.05, 0) is 66.9 Å². The summed E-state index contributed by atoms with van der Waals surface area (Å²) >= 11 is 0. The maximum absolute atomic E-state index is 13.5. The summed E-state index contributed by atoms with van der Waals surface area (Å²) in [7, 11) is 0. The molecule has 0 aliphatic carbocycles. The predicted octanol–water partition coefficient (Wildman–Crippen LogP) is 4.27. The van der Waals surface area contributed by atoms with Gasteiger partial charge in [0.15, 0.2) is 5.78 Å². The fraction of sp³-hybridized carbons (Fsp3) is 0.400. The van der Waals surface area contributed by atoms with E-state index in [9.17, 15) is 13.6 Å². The van der Waals surface area contributed by atoms with Crippen LogP contribution < -0.4 is 10.2 Å². The second-order valence-electron chi connectivity index (χ2n) is 9.93. The summed E-state index contributed by atoms with van der Waals surface area (Å²) in [5.41, 5.74) is 2.69. The first kappa shape index (κ1) is 26.4. The largest absolute Gasteiger partial charge is 0.367 e. The molecule has 1 N–H and O–H groups in total. The van der Waals surface area contributed by atoms with Crippen LogP contribution in [0.3, 0.4) is 0 Å². The van der Waals surface area contributed by atoms with Crippen LogP contribution in [0.2, 0.25) is 0 Å². The van der Waals surface area contributed by atoms with E-state index in [1.807, 2.05) is 36.4 Å². The first-order valence-corrected chi connectivity index (χ1v) is 13.4. The molecule has 0 spiro atoms. The van der Waals surface area contributed by atoms with Crippen LogP contribution >= 0.6 is 0 Å². The Bertz CT molecular complexity index is 1150. The average molecular weight is 521 g/mol. The van der Waals surface area contributed by atoms with E-state index in [2.05, 4.69) is 20.1 Å². The molecule has 0 bridgehead atoms. The number of carbonyl (C=O) groups excluding carboxylic acids is 1. The average Bonchev–Trinajstić information content (AvgIpc) is 2.97. The number of benzene rings is 2. The van der Waals surface area contributed by atoms with Gasteiger partial charge in [-0.2, -0.15) is 0 Å². The molecule has 38 heavy (non-hydrogen) atoms. The molecule has 1 unspecified atom stereocenters. The Labute approximate surface area is 222 Å². The molecule has 3 heterocycles. The number of pyridine rings is 1. The molecule has 200 valence electrons. The number of carbonyl (C=O) groups is 1. The van der Waals surface area contributed by atoms with Gasteiger partial charge in [-0.15, -0.1) is 0 Å². The fourth-order valence-electron chi connectivity index (χ4n) is 5.37. The summed E-state index contributed by atoms with van der Waals surface area (Å²) in [6.45, 7) is 6.10. The van der Waals surface area contributed by atoms with Crippen LogP contribution in [-0.2, 0) is 4.74 Å². The Morgan fingerprint density at radius 1 is 0.974 bits per heavy atom. The van der Waals surface area contributed by atoms with E-state index in [4.69, 9.17) is 4.74 Å². The molecule has 2 aliphatic heterocycles. The highest BCUT2D eigenvalue weighted by Gasteiger charge is 2.28. The van der Waals surface area contributed by atoms with Crippen LogP contribution in [0.1, 0.15) is 40.2 Å². The second-order valence-corrected chi connectivity index (χ2v) is 9.93. The third-order valence-corrected chi connectivity index (χ3v) is 7.46. The number of piperazine rings is 1. The number of morpholine rings is 1. The maximum atomic E-state index is 13.5. The zero-order chi connectivity index (χ0) is 26.3. The van der Waals surface area contributed by atoms with Crippen molar-refractivity contribution in [2.45, 2.75) is 24.9 Å². The molecule has 8 heteroatoms. The summed E-state index contributed by atoms with van der Waals surface area (Å²) in [5, 5.41) is 3.22. The van der Waals surface area contributed by atoms with Crippen LogP contribution in [-0.4, -0.2) is 74.2 Å². The summed E-state index contributed by atoms with van der Waals surface area (Å²) < 4.78 is 32.7. The van der Waals surface area contributed by atoms with Crippen molar-refractivity contribution in [2.24, 2.45) is 0 Å². The summed E-state index contributed by atoms with van der Waals surface area (Å²) in [6.07, 6.45) is 3.11. The smallest absolute Gasteiger partial charge is 0.196 e. The number of nitrogens with zero attached hydrogens (tertiary/aromatic N) is 3. The summed E-state index contributed by atoms with van der Waals surface area (Å²) in [6, 6.07) is 16.9. The van der Waals surface area contributed by atoms with Crippen LogP contribution in [0.25, 0.3) is 0 Å². The first-order chi connectivity index (χ1) is 18.6. The van der Waals surface area contributed by atoms with Crippen LogP contribution in [0, 0.1) is 11.6 Å². The molecule has 2 aromatic carbocycles. The van der Waals surface area contributed by atoms with Crippen molar-refractivity contribution in [3.63, 3.8) is 0 Å². The number of ether oxygens (including phenoxy) is 1. The molecule has 2 aliphatic rings. The van der Waals surface area contributed by atoms with Crippen molar-refractivity contribution in [3.8, 4) is 0 Å². The van der Waals surface area contributed by atoms with Gasteiger partial charge in [-0.3, -0.25) is 9.69 Å². The van der Waals surface area contributed by atoms with Gasteiger partial charge in [0.1, 0.15) is 23.6 Å². The van der Waals surface area contributed by atoms with Crippen molar-refractivity contribution < 1.29 is 18.3 Å². The van der Waals surface area contributed by atoms with E-state index >= 15 is 0 Å². The molecule has 2 saturated heterocycles. The second kappa shape index (κ2) is 12.6. The van der Waals surface area contributed by atoms with E-state index in [-0.39, 0.29) is 23.3 Å². The Kier molecular flexibility index (Phi) is 8.73. The molecule has 2 fully saturated rings. The van der Waals surface area contributed by atoms with Crippen LogP contribution in [0.5, 0.6) is 0 Å². The number of anilines is 1. The zero-order valence-corrected chi connectivity index (χ0v) is 21.5. The molecular formula is C30H34F2N4O2. The van der Waals surface area contributed by atoms with Gasteiger partial charge in [-0.1, -0.05) is 24.3 Å². The molecular weight excluding hydrogens is 486 g/mol. The topological polar surface area (TPSA) is 57.7 Å². The highest BCUT2D eigenvalue weighted by atomic mass is 19.1. The molecule has 0 radical (unpaired) electrons. The number of rotatable bonds is 9. The van der Waals surface area contributed by atoms with Gasteiger partial charge in [0.25, 0.3) is 0 Å². The molecule has 0 amide bonds. The quantitative estimate of drug-likeness (QED) is 0.426. The SMILES string of the molecule is O=C(c1cccnc1N1CCN(CCCC(c2ccc(F)cc2)c2ccc(F)cc2)CC1)C1CNCCO1. The standard InChI is InChI=1S/C30H34F2N4O2/c31-24-9-5-22(6-10-24)26(23-7-11-25(32)12-8-23)4-2-15-35-16-18-36(19-17-35)30-27(3-1-13-34-30)29(37)28-21-33-14-20-38-28/h1,3,5-13,26,28,33H,2,4,14-21H2. The maximum Gasteiger partial charge on any atom is 0.196 e. The van der Waals surface area contributed by atoms with Gasteiger partial charge < -0.3 is 15.0 Å². The predicted molar refractivity (Wildman–Crippen MR) is 144 cm³/mol. The van der Waals surface area contributed by atoms with E-state index in [0.717, 1.165) is 69.1 Å². The molecule has 1 atom stereocenters. The van der Waals surface area contributed by atoms with Crippen LogP contribution in [0.15, 0.2) is 66.9 Å². The van der Waals surface area contributed by atoms with Crippen molar-refractivity contribution >= 4 is 11.6 Å². The monoisotopic (exact) mass is 520 g/mol. The number of aromatic nitrogens is 1. The minimum Gasteiger partial charge on any atom is -0.367 e. The highest BCUT2D eigenvalue weighted by molar-refractivity contribution is 6.03. The zero-order valence-electron chi connectivity index (χ0n) is 21.5. The van der Waals surface area contributed by atoms with Gasteiger partial charge in [0, 0.05) is 51.4 Å². The Balaban J connectivity index is 1.17. The lowest BCUT2D eigenvalue weighted by atomic mass is 9.87. The van der Waals surface area contributed by atoms with E-state index in [1.54, 1.807) is 6.20 Å². The van der Waals surface area contributed by atoms with Crippen LogP contribution in [0.4, 0.5) is 14.6 Å². The first-order valence-electron chi connectivity index (χ1n) is 13.4. The number of hydrogen-bond donors (Lipinski definition) is 1. The fourth-order valence-corrected chi connectivity index (χ4v) is 5.37. The molecule has 0 saturated carbocycles. The molecule has 5 rings (SSSR count). The van der Waals surface area contributed by atoms with E-state index in [0.29, 0.717) is 18.7 Å². The molecule has 6 nitrogen and oxygen atoms in total. The number of ketones is 1. The minimum absolute atomic E-state index is 0.0182. The van der Waals surface area contributed by atoms with Crippen molar-refractivity contribution in [2.75, 3.05) is 57.3 Å². The van der Waals surface area contributed by atoms with E-state index < -0.39 is 6.10 Å². The number of nitrogens with one attached hydrogen (secondary N) is 1. The number of halogens is 2.